The lowest BCUT2D eigenvalue weighted by Gasteiger charge is -2.09. The molecule has 2 aromatic rings. The summed E-state index contributed by atoms with van der Waals surface area (Å²) in [5.74, 6) is -0.517. The minimum atomic E-state index is -3.30. The molecule has 0 radical (unpaired) electrons. The van der Waals surface area contributed by atoms with Crippen molar-refractivity contribution in [3.63, 3.8) is 0 Å². The van der Waals surface area contributed by atoms with E-state index < -0.39 is 10.0 Å². The molecular weight excluding hydrogens is 328 g/mol. The Morgan fingerprint density at radius 2 is 1.71 bits per heavy atom. The van der Waals surface area contributed by atoms with E-state index in [0.29, 0.717) is 5.56 Å². The van der Waals surface area contributed by atoms with Crippen LogP contribution in [-0.2, 0) is 22.3 Å². The van der Waals surface area contributed by atoms with E-state index in [1.165, 1.54) is 13.1 Å². The standard InChI is InChI=1S/C17H20N2O4S/c1-12-3-8-16(20)15(9-12)17(21)19-10-13-4-6-14(7-5-13)11-24(22,23)18-2/h3-9,18,20H,10-11H2,1-2H3,(H,19,21). The largest absolute Gasteiger partial charge is 0.507 e. The third-order valence-corrected chi connectivity index (χ3v) is 4.88. The average molecular weight is 348 g/mol. The number of aryl methyl sites for hydroxylation is 1. The van der Waals surface area contributed by atoms with E-state index in [2.05, 4.69) is 10.0 Å². The van der Waals surface area contributed by atoms with E-state index >= 15 is 0 Å². The minimum Gasteiger partial charge on any atom is -0.507 e. The monoisotopic (exact) mass is 348 g/mol. The van der Waals surface area contributed by atoms with Crippen molar-refractivity contribution in [1.29, 1.82) is 0 Å². The Morgan fingerprint density at radius 1 is 1.08 bits per heavy atom. The van der Waals surface area contributed by atoms with Crippen molar-refractivity contribution in [1.82, 2.24) is 10.0 Å². The number of carbonyl (C=O) groups is 1. The lowest BCUT2D eigenvalue weighted by atomic mass is 10.1. The Labute approximate surface area is 141 Å². The first-order chi connectivity index (χ1) is 11.3. The van der Waals surface area contributed by atoms with Crippen LogP contribution in [0.5, 0.6) is 5.75 Å². The number of phenols is 1. The van der Waals surface area contributed by atoms with Gasteiger partial charge in [0.2, 0.25) is 10.0 Å². The van der Waals surface area contributed by atoms with Crippen LogP contribution in [0.4, 0.5) is 0 Å². The summed E-state index contributed by atoms with van der Waals surface area (Å²) < 4.78 is 25.3. The van der Waals surface area contributed by atoms with Crippen molar-refractivity contribution in [3.8, 4) is 5.75 Å². The van der Waals surface area contributed by atoms with Crippen LogP contribution in [0.15, 0.2) is 42.5 Å². The number of benzene rings is 2. The first kappa shape index (κ1) is 18.0. The second-order valence-electron chi connectivity index (χ2n) is 5.48. The van der Waals surface area contributed by atoms with Crippen molar-refractivity contribution in [3.05, 3.63) is 64.7 Å². The number of aromatic hydroxyl groups is 1. The molecule has 0 saturated carbocycles. The van der Waals surface area contributed by atoms with E-state index in [0.717, 1.165) is 11.1 Å². The molecule has 0 aliphatic carbocycles. The summed E-state index contributed by atoms with van der Waals surface area (Å²) in [4.78, 5) is 12.1. The van der Waals surface area contributed by atoms with E-state index in [1.807, 2.05) is 6.92 Å². The van der Waals surface area contributed by atoms with E-state index in [4.69, 9.17) is 0 Å². The number of hydrogen-bond acceptors (Lipinski definition) is 4. The van der Waals surface area contributed by atoms with Gasteiger partial charge in [-0.15, -0.1) is 0 Å². The van der Waals surface area contributed by atoms with Crippen LogP contribution in [0.2, 0.25) is 0 Å². The molecule has 0 heterocycles. The maximum atomic E-state index is 12.1. The molecule has 3 N–H and O–H groups in total. The molecule has 0 bridgehead atoms. The molecule has 0 aliphatic rings. The van der Waals surface area contributed by atoms with Gasteiger partial charge in [0, 0.05) is 6.54 Å². The SMILES string of the molecule is CNS(=O)(=O)Cc1ccc(CNC(=O)c2cc(C)ccc2O)cc1. The highest BCUT2D eigenvalue weighted by molar-refractivity contribution is 7.88. The van der Waals surface area contributed by atoms with Crippen molar-refractivity contribution < 1.29 is 18.3 Å². The Bertz CT molecular complexity index is 830. The first-order valence-corrected chi connectivity index (χ1v) is 9.03. The van der Waals surface area contributed by atoms with Crippen LogP contribution in [-0.4, -0.2) is 26.5 Å². The third-order valence-electron chi connectivity index (χ3n) is 3.54. The smallest absolute Gasteiger partial charge is 0.255 e. The van der Waals surface area contributed by atoms with Crippen LogP contribution >= 0.6 is 0 Å². The summed E-state index contributed by atoms with van der Waals surface area (Å²) in [5, 5.41) is 12.5. The predicted octanol–water partition coefficient (Wildman–Crippen LogP) is 1.68. The van der Waals surface area contributed by atoms with Crippen LogP contribution in [0.1, 0.15) is 27.0 Å². The molecule has 0 saturated heterocycles. The summed E-state index contributed by atoms with van der Waals surface area (Å²) in [5.41, 5.74) is 2.61. The van der Waals surface area contributed by atoms with Gasteiger partial charge >= 0.3 is 0 Å². The molecule has 128 valence electrons. The number of rotatable bonds is 6. The molecule has 24 heavy (non-hydrogen) atoms. The molecule has 0 aromatic heterocycles. The fraction of sp³-hybridized carbons (Fsp3) is 0.235. The summed E-state index contributed by atoms with van der Waals surface area (Å²) in [6.07, 6.45) is 0. The second kappa shape index (κ2) is 7.46. The van der Waals surface area contributed by atoms with Crippen molar-refractivity contribution in [2.24, 2.45) is 0 Å². The molecule has 0 unspecified atom stereocenters. The van der Waals surface area contributed by atoms with Gasteiger partial charge in [0.25, 0.3) is 5.91 Å². The molecule has 0 aliphatic heterocycles. The number of sulfonamides is 1. The second-order valence-corrected chi connectivity index (χ2v) is 7.41. The van der Waals surface area contributed by atoms with Crippen molar-refractivity contribution in [2.45, 2.75) is 19.2 Å². The zero-order valence-electron chi connectivity index (χ0n) is 13.5. The summed E-state index contributed by atoms with van der Waals surface area (Å²) >= 11 is 0. The van der Waals surface area contributed by atoms with Crippen LogP contribution in [0.3, 0.4) is 0 Å². The molecule has 0 atom stereocenters. The quantitative estimate of drug-likeness (QED) is 0.740. The highest BCUT2D eigenvalue weighted by Crippen LogP contribution is 2.18. The summed E-state index contributed by atoms with van der Waals surface area (Å²) in [6, 6.07) is 11.8. The van der Waals surface area contributed by atoms with Gasteiger partial charge in [-0.2, -0.15) is 0 Å². The van der Waals surface area contributed by atoms with Gasteiger partial charge in [-0.3, -0.25) is 4.79 Å². The number of hydrogen-bond donors (Lipinski definition) is 3. The lowest BCUT2D eigenvalue weighted by Crippen LogP contribution is -2.23. The normalized spacial score (nSPS) is 11.2. The summed E-state index contributed by atoms with van der Waals surface area (Å²) in [7, 11) is -1.93. The molecule has 2 rings (SSSR count). The zero-order valence-corrected chi connectivity index (χ0v) is 14.4. The zero-order chi connectivity index (χ0) is 17.7. The Kier molecular flexibility index (Phi) is 5.58. The maximum absolute atomic E-state index is 12.1. The van der Waals surface area contributed by atoms with Gasteiger partial charge in [0.05, 0.1) is 11.3 Å². The van der Waals surface area contributed by atoms with Crippen molar-refractivity contribution >= 4 is 15.9 Å². The fourth-order valence-corrected chi connectivity index (χ4v) is 2.93. The Balaban J connectivity index is 1.99. The molecule has 1 amide bonds. The molecule has 0 spiro atoms. The van der Waals surface area contributed by atoms with Gasteiger partial charge in [0.15, 0.2) is 0 Å². The van der Waals surface area contributed by atoms with Gasteiger partial charge in [-0.25, -0.2) is 13.1 Å². The average Bonchev–Trinajstić information content (AvgIpc) is 2.56. The van der Waals surface area contributed by atoms with Gasteiger partial charge in [-0.05, 0) is 37.2 Å². The molecule has 0 fully saturated rings. The minimum absolute atomic E-state index is 0.0641. The van der Waals surface area contributed by atoms with Gasteiger partial charge in [0.1, 0.15) is 5.75 Å². The van der Waals surface area contributed by atoms with Crippen LogP contribution in [0, 0.1) is 6.92 Å². The lowest BCUT2D eigenvalue weighted by molar-refractivity contribution is 0.0948. The number of amides is 1. The van der Waals surface area contributed by atoms with Crippen LogP contribution in [0.25, 0.3) is 0 Å². The first-order valence-electron chi connectivity index (χ1n) is 7.37. The third kappa shape index (κ3) is 4.81. The Morgan fingerprint density at radius 3 is 2.33 bits per heavy atom. The molecule has 6 nitrogen and oxygen atoms in total. The Hall–Kier alpha value is -2.38. The van der Waals surface area contributed by atoms with E-state index in [1.54, 1.807) is 36.4 Å². The highest BCUT2D eigenvalue weighted by atomic mass is 32.2. The van der Waals surface area contributed by atoms with Gasteiger partial charge in [-0.1, -0.05) is 35.9 Å². The number of phenolic OH excluding ortho intramolecular Hbond substituents is 1. The fourth-order valence-electron chi connectivity index (χ4n) is 2.15. The van der Waals surface area contributed by atoms with Crippen LogP contribution < -0.4 is 10.0 Å². The topological polar surface area (TPSA) is 95.5 Å². The molecule has 7 heteroatoms. The predicted molar refractivity (Wildman–Crippen MR) is 92.1 cm³/mol. The maximum Gasteiger partial charge on any atom is 0.255 e. The number of nitrogens with one attached hydrogen (secondary N) is 2. The molecule has 2 aromatic carbocycles. The van der Waals surface area contributed by atoms with E-state index in [9.17, 15) is 18.3 Å². The van der Waals surface area contributed by atoms with E-state index in [-0.39, 0.29) is 29.5 Å². The van der Waals surface area contributed by atoms with Crippen molar-refractivity contribution in [2.75, 3.05) is 7.05 Å². The summed E-state index contributed by atoms with van der Waals surface area (Å²) in [6.45, 7) is 2.12. The van der Waals surface area contributed by atoms with Gasteiger partial charge < -0.3 is 10.4 Å². The molecular formula is C17H20N2O4S. The number of carbonyl (C=O) groups excluding carboxylic acids is 1. The highest BCUT2D eigenvalue weighted by Gasteiger charge is 2.11.